The zero-order valence-electron chi connectivity index (χ0n) is 16.3. The Balaban J connectivity index is 1.51. The van der Waals surface area contributed by atoms with Crippen molar-refractivity contribution in [3.05, 3.63) is 58.1 Å². The molecule has 0 atom stereocenters. The lowest BCUT2D eigenvalue weighted by Gasteiger charge is -2.22. The highest BCUT2D eigenvalue weighted by Gasteiger charge is 2.30. The molecular formula is C22H26BrN3O2. The maximum atomic E-state index is 12.6. The molecule has 0 radical (unpaired) electrons. The number of anilines is 2. The van der Waals surface area contributed by atoms with Crippen LogP contribution in [-0.2, 0) is 9.59 Å². The van der Waals surface area contributed by atoms with Crippen LogP contribution in [0.2, 0.25) is 0 Å². The third-order valence-corrected chi connectivity index (χ3v) is 5.44. The topological polar surface area (TPSA) is 61.4 Å². The predicted molar refractivity (Wildman–Crippen MR) is 117 cm³/mol. The Hall–Kier alpha value is -2.18. The van der Waals surface area contributed by atoms with E-state index in [1.54, 1.807) is 0 Å². The van der Waals surface area contributed by atoms with Crippen molar-refractivity contribution in [2.24, 2.45) is 0 Å². The van der Waals surface area contributed by atoms with Gasteiger partial charge in [-0.1, -0.05) is 34.1 Å². The molecule has 1 aliphatic carbocycles. The molecule has 148 valence electrons. The Kier molecular flexibility index (Phi) is 6.86. The number of aryl methyl sites for hydroxylation is 2. The number of carbonyl (C=O) groups is 2. The molecule has 0 aliphatic heterocycles. The highest BCUT2D eigenvalue weighted by Crippen LogP contribution is 2.27. The summed E-state index contributed by atoms with van der Waals surface area (Å²) in [7, 11) is 0. The lowest BCUT2D eigenvalue weighted by molar-refractivity contribution is -0.119. The first-order chi connectivity index (χ1) is 13.4. The number of hydrogen-bond acceptors (Lipinski definition) is 3. The predicted octanol–water partition coefficient (Wildman–Crippen LogP) is 4.50. The molecule has 1 saturated carbocycles. The molecule has 0 spiro atoms. The molecule has 6 heteroatoms. The van der Waals surface area contributed by atoms with Gasteiger partial charge >= 0.3 is 0 Å². The first kappa shape index (κ1) is 20.6. The summed E-state index contributed by atoms with van der Waals surface area (Å²) in [5.41, 5.74) is 3.77. The van der Waals surface area contributed by atoms with Crippen LogP contribution in [0.3, 0.4) is 0 Å². The van der Waals surface area contributed by atoms with Crippen LogP contribution in [0.1, 0.15) is 30.4 Å². The average molecular weight is 444 g/mol. The Labute approximate surface area is 174 Å². The number of nitrogens with zero attached hydrogens (tertiary/aromatic N) is 1. The van der Waals surface area contributed by atoms with Gasteiger partial charge in [0.2, 0.25) is 11.8 Å². The van der Waals surface area contributed by atoms with Gasteiger partial charge < -0.3 is 10.6 Å². The largest absolute Gasteiger partial charge is 0.326 e. The minimum atomic E-state index is -0.0388. The molecule has 1 fully saturated rings. The van der Waals surface area contributed by atoms with Gasteiger partial charge in [0.05, 0.1) is 6.54 Å². The minimum Gasteiger partial charge on any atom is -0.326 e. The summed E-state index contributed by atoms with van der Waals surface area (Å²) in [5, 5.41) is 5.94. The third kappa shape index (κ3) is 5.91. The van der Waals surface area contributed by atoms with Gasteiger partial charge in [0.25, 0.3) is 0 Å². The molecule has 2 N–H and O–H groups in total. The molecule has 0 bridgehead atoms. The number of carbonyl (C=O) groups excluding carboxylic acids is 2. The van der Waals surface area contributed by atoms with E-state index in [-0.39, 0.29) is 11.8 Å². The number of rotatable bonds is 8. The first-order valence-electron chi connectivity index (χ1n) is 9.58. The maximum absolute atomic E-state index is 12.6. The van der Waals surface area contributed by atoms with Crippen LogP contribution in [0.25, 0.3) is 0 Å². The zero-order valence-corrected chi connectivity index (χ0v) is 17.9. The normalized spacial score (nSPS) is 13.4. The van der Waals surface area contributed by atoms with Crippen molar-refractivity contribution in [1.82, 2.24) is 4.90 Å². The van der Waals surface area contributed by atoms with Gasteiger partial charge in [0.1, 0.15) is 0 Å². The van der Waals surface area contributed by atoms with Crippen molar-refractivity contribution < 1.29 is 9.59 Å². The molecule has 0 unspecified atom stereocenters. The second-order valence-electron chi connectivity index (χ2n) is 7.32. The Bertz CT molecular complexity index is 827. The summed E-state index contributed by atoms with van der Waals surface area (Å²) in [5.74, 6) is -0.0688. The molecular weight excluding hydrogens is 418 g/mol. The van der Waals surface area contributed by atoms with E-state index in [2.05, 4.69) is 31.5 Å². The van der Waals surface area contributed by atoms with Crippen molar-refractivity contribution in [3.8, 4) is 0 Å². The summed E-state index contributed by atoms with van der Waals surface area (Å²) in [6, 6.07) is 13.9. The number of benzene rings is 2. The van der Waals surface area contributed by atoms with Crippen LogP contribution in [0.5, 0.6) is 0 Å². The fourth-order valence-electron chi connectivity index (χ4n) is 3.21. The standard InChI is InChI=1S/C22H26BrN3O2/c1-15-4-3-5-16(2)22(15)25-21(28)14-26(19-10-11-19)13-12-20(27)24-18-8-6-17(23)7-9-18/h3-9,19H,10-14H2,1-2H3,(H,24,27)(H,25,28). The highest BCUT2D eigenvalue weighted by atomic mass is 79.9. The van der Waals surface area contributed by atoms with E-state index < -0.39 is 0 Å². The van der Waals surface area contributed by atoms with Gasteiger partial charge in [0.15, 0.2) is 0 Å². The molecule has 0 saturated heterocycles. The van der Waals surface area contributed by atoms with E-state index in [1.807, 2.05) is 56.3 Å². The highest BCUT2D eigenvalue weighted by molar-refractivity contribution is 9.10. The van der Waals surface area contributed by atoms with Gasteiger partial charge in [-0.2, -0.15) is 0 Å². The average Bonchev–Trinajstić information content (AvgIpc) is 3.49. The minimum absolute atomic E-state index is 0.0300. The summed E-state index contributed by atoms with van der Waals surface area (Å²) < 4.78 is 0.973. The lowest BCUT2D eigenvalue weighted by atomic mass is 10.1. The van der Waals surface area contributed by atoms with Crippen LogP contribution < -0.4 is 10.6 Å². The second kappa shape index (κ2) is 9.34. The van der Waals surface area contributed by atoms with Crippen LogP contribution in [0, 0.1) is 13.8 Å². The van der Waals surface area contributed by atoms with E-state index in [4.69, 9.17) is 0 Å². The molecule has 2 amide bonds. The summed E-state index contributed by atoms with van der Waals surface area (Å²) in [6.45, 7) is 4.87. The fraction of sp³-hybridized carbons (Fsp3) is 0.364. The number of amides is 2. The third-order valence-electron chi connectivity index (χ3n) is 4.91. The molecule has 28 heavy (non-hydrogen) atoms. The van der Waals surface area contributed by atoms with Gasteiger partial charge in [-0.25, -0.2) is 0 Å². The molecule has 5 nitrogen and oxygen atoms in total. The number of nitrogens with one attached hydrogen (secondary N) is 2. The summed E-state index contributed by atoms with van der Waals surface area (Å²) >= 11 is 3.38. The lowest BCUT2D eigenvalue weighted by Crippen LogP contribution is -2.37. The molecule has 3 rings (SSSR count). The Morgan fingerprint density at radius 2 is 1.64 bits per heavy atom. The van der Waals surface area contributed by atoms with Crippen LogP contribution in [0.4, 0.5) is 11.4 Å². The van der Waals surface area contributed by atoms with Crippen LogP contribution in [0.15, 0.2) is 46.9 Å². The maximum Gasteiger partial charge on any atom is 0.238 e. The summed E-state index contributed by atoms with van der Waals surface area (Å²) in [6.07, 6.45) is 2.54. The fourth-order valence-corrected chi connectivity index (χ4v) is 3.47. The molecule has 0 heterocycles. The Morgan fingerprint density at radius 3 is 2.25 bits per heavy atom. The van der Waals surface area contributed by atoms with Gasteiger partial charge in [-0.05, 0) is 62.1 Å². The van der Waals surface area contributed by atoms with Crippen molar-refractivity contribution in [3.63, 3.8) is 0 Å². The molecule has 1 aliphatic rings. The quantitative estimate of drug-likeness (QED) is 0.631. The monoisotopic (exact) mass is 443 g/mol. The second-order valence-corrected chi connectivity index (χ2v) is 8.24. The van der Waals surface area contributed by atoms with E-state index >= 15 is 0 Å². The summed E-state index contributed by atoms with van der Waals surface area (Å²) in [4.78, 5) is 26.9. The van der Waals surface area contributed by atoms with E-state index in [9.17, 15) is 9.59 Å². The molecule has 2 aromatic rings. The molecule has 0 aromatic heterocycles. The van der Waals surface area contributed by atoms with E-state index in [0.29, 0.717) is 25.6 Å². The van der Waals surface area contributed by atoms with Crippen molar-refractivity contribution in [2.75, 3.05) is 23.7 Å². The Morgan fingerprint density at radius 1 is 1.00 bits per heavy atom. The molecule has 2 aromatic carbocycles. The van der Waals surface area contributed by atoms with Crippen LogP contribution >= 0.6 is 15.9 Å². The van der Waals surface area contributed by atoms with Crippen LogP contribution in [-0.4, -0.2) is 35.8 Å². The number of hydrogen-bond donors (Lipinski definition) is 2. The van der Waals surface area contributed by atoms with E-state index in [1.165, 1.54) is 0 Å². The first-order valence-corrected chi connectivity index (χ1v) is 10.4. The van der Waals surface area contributed by atoms with Gasteiger partial charge in [0, 0.05) is 34.9 Å². The number of halogens is 1. The zero-order chi connectivity index (χ0) is 20.1. The van der Waals surface area contributed by atoms with Gasteiger partial charge in [-0.15, -0.1) is 0 Å². The van der Waals surface area contributed by atoms with Crippen molar-refractivity contribution >= 4 is 39.1 Å². The SMILES string of the molecule is Cc1cccc(C)c1NC(=O)CN(CCC(=O)Nc1ccc(Br)cc1)C1CC1. The number of para-hydroxylation sites is 1. The van der Waals surface area contributed by atoms with Crippen molar-refractivity contribution in [2.45, 2.75) is 39.2 Å². The smallest absolute Gasteiger partial charge is 0.238 e. The van der Waals surface area contributed by atoms with Gasteiger partial charge in [-0.3, -0.25) is 14.5 Å². The van der Waals surface area contributed by atoms with Crippen molar-refractivity contribution in [1.29, 1.82) is 0 Å². The van der Waals surface area contributed by atoms with E-state index in [0.717, 1.165) is 39.8 Å².